The van der Waals surface area contributed by atoms with Crippen LogP contribution in [0.1, 0.15) is 28.9 Å². The van der Waals surface area contributed by atoms with Gasteiger partial charge in [-0.15, -0.1) is 0 Å². The second kappa shape index (κ2) is 6.65. The summed E-state index contributed by atoms with van der Waals surface area (Å²) in [5.74, 6) is -2.15. The molecule has 19 heavy (non-hydrogen) atoms. The molecule has 0 saturated carbocycles. The van der Waals surface area contributed by atoms with Crippen molar-refractivity contribution in [1.82, 2.24) is 0 Å². The number of aromatic carboxylic acids is 1. The van der Waals surface area contributed by atoms with Gasteiger partial charge in [-0.2, -0.15) is 0 Å². The number of ether oxygens (including phenoxy) is 1. The van der Waals surface area contributed by atoms with Crippen LogP contribution in [-0.2, 0) is 9.53 Å². The number of aliphatic hydroxyl groups is 2. The predicted octanol–water partition coefficient (Wildman–Crippen LogP) is 1.10. The first-order valence-electron chi connectivity index (χ1n) is 5.43. The first-order chi connectivity index (χ1) is 8.86. The van der Waals surface area contributed by atoms with E-state index in [0.717, 1.165) is 0 Å². The van der Waals surface area contributed by atoms with Crippen LogP contribution >= 0.6 is 15.9 Å². The number of carbonyl (C=O) groups is 2. The van der Waals surface area contributed by atoms with Crippen molar-refractivity contribution in [2.45, 2.75) is 19.1 Å². The molecule has 0 radical (unpaired) electrons. The summed E-state index contributed by atoms with van der Waals surface area (Å²) in [4.78, 5) is 22.2. The van der Waals surface area contributed by atoms with E-state index in [9.17, 15) is 19.8 Å². The van der Waals surface area contributed by atoms with Gasteiger partial charge in [-0.3, -0.25) is 0 Å². The smallest absolute Gasteiger partial charge is 0.338 e. The van der Waals surface area contributed by atoms with Crippen LogP contribution in [0.15, 0.2) is 22.7 Å². The van der Waals surface area contributed by atoms with Gasteiger partial charge in [0, 0.05) is 4.47 Å². The number of benzene rings is 1. The topological polar surface area (TPSA) is 104 Å². The summed E-state index contributed by atoms with van der Waals surface area (Å²) < 4.78 is 4.99. The van der Waals surface area contributed by atoms with Crippen LogP contribution in [0.25, 0.3) is 0 Å². The minimum atomic E-state index is -1.77. The SMILES string of the molecule is CCOC(=O)C(O)C(O)c1cc(Br)cc(C(=O)O)c1. The first-order valence-corrected chi connectivity index (χ1v) is 6.22. The van der Waals surface area contributed by atoms with Gasteiger partial charge in [-0.25, -0.2) is 9.59 Å². The van der Waals surface area contributed by atoms with E-state index in [0.29, 0.717) is 4.47 Å². The Bertz CT molecular complexity index is 487. The normalized spacial score (nSPS) is 13.7. The molecule has 0 aliphatic carbocycles. The maximum Gasteiger partial charge on any atom is 0.338 e. The van der Waals surface area contributed by atoms with Crippen LogP contribution in [0, 0.1) is 0 Å². The lowest BCUT2D eigenvalue weighted by molar-refractivity contribution is -0.159. The van der Waals surface area contributed by atoms with Crippen LogP contribution in [0.3, 0.4) is 0 Å². The van der Waals surface area contributed by atoms with Crippen molar-refractivity contribution >= 4 is 27.9 Å². The lowest BCUT2D eigenvalue weighted by Gasteiger charge is -2.17. The Balaban J connectivity index is 3.02. The molecule has 0 aliphatic rings. The van der Waals surface area contributed by atoms with Crippen molar-refractivity contribution in [3.05, 3.63) is 33.8 Å². The van der Waals surface area contributed by atoms with Crippen molar-refractivity contribution in [2.24, 2.45) is 0 Å². The highest BCUT2D eigenvalue weighted by atomic mass is 79.9. The second-order valence-corrected chi connectivity index (χ2v) is 4.64. The standard InChI is InChI=1S/C12H13BrO6/c1-2-19-12(18)10(15)9(14)6-3-7(11(16)17)5-8(13)4-6/h3-5,9-10,14-15H,2H2,1H3,(H,16,17). The maximum absolute atomic E-state index is 11.3. The number of rotatable bonds is 5. The van der Waals surface area contributed by atoms with Crippen LogP contribution in [0.2, 0.25) is 0 Å². The van der Waals surface area contributed by atoms with Gasteiger partial charge >= 0.3 is 11.9 Å². The number of carboxylic acids is 1. The van der Waals surface area contributed by atoms with Gasteiger partial charge in [0.25, 0.3) is 0 Å². The molecular weight excluding hydrogens is 320 g/mol. The lowest BCUT2D eigenvalue weighted by atomic mass is 10.0. The van der Waals surface area contributed by atoms with E-state index in [4.69, 9.17) is 5.11 Å². The molecule has 7 heteroatoms. The van der Waals surface area contributed by atoms with Crippen LogP contribution in [-0.4, -0.2) is 40.0 Å². The quantitative estimate of drug-likeness (QED) is 0.697. The fourth-order valence-corrected chi connectivity index (χ4v) is 1.96. The van der Waals surface area contributed by atoms with Crippen molar-refractivity contribution in [1.29, 1.82) is 0 Å². The Morgan fingerprint density at radius 1 is 1.32 bits per heavy atom. The third-order valence-electron chi connectivity index (χ3n) is 2.34. The van der Waals surface area contributed by atoms with E-state index in [2.05, 4.69) is 20.7 Å². The third kappa shape index (κ3) is 4.02. The molecule has 104 valence electrons. The zero-order chi connectivity index (χ0) is 14.6. The largest absolute Gasteiger partial charge is 0.478 e. The molecule has 0 bridgehead atoms. The Morgan fingerprint density at radius 3 is 2.47 bits per heavy atom. The van der Waals surface area contributed by atoms with Gasteiger partial charge in [-0.1, -0.05) is 15.9 Å². The predicted molar refractivity (Wildman–Crippen MR) is 68.7 cm³/mol. The zero-order valence-electron chi connectivity index (χ0n) is 10.0. The van der Waals surface area contributed by atoms with Crippen LogP contribution < -0.4 is 0 Å². The van der Waals surface area contributed by atoms with Crippen LogP contribution in [0.4, 0.5) is 0 Å². The molecule has 0 aromatic heterocycles. The molecule has 0 heterocycles. The molecule has 0 fully saturated rings. The molecule has 2 atom stereocenters. The molecule has 0 aliphatic heterocycles. The molecule has 1 aromatic rings. The number of halogens is 1. The summed E-state index contributed by atoms with van der Waals surface area (Å²) in [7, 11) is 0. The van der Waals surface area contributed by atoms with Crippen molar-refractivity contribution < 1.29 is 29.6 Å². The zero-order valence-corrected chi connectivity index (χ0v) is 11.6. The Kier molecular flexibility index (Phi) is 5.46. The Labute approximate surface area is 117 Å². The average molecular weight is 333 g/mol. The Hall–Kier alpha value is -1.44. The molecule has 6 nitrogen and oxygen atoms in total. The van der Waals surface area contributed by atoms with E-state index in [1.54, 1.807) is 6.92 Å². The van der Waals surface area contributed by atoms with E-state index < -0.39 is 24.1 Å². The van der Waals surface area contributed by atoms with Crippen molar-refractivity contribution in [3.63, 3.8) is 0 Å². The third-order valence-corrected chi connectivity index (χ3v) is 2.79. The molecular formula is C12H13BrO6. The number of esters is 1. The van der Waals surface area contributed by atoms with Gasteiger partial charge in [0.1, 0.15) is 6.10 Å². The second-order valence-electron chi connectivity index (χ2n) is 3.72. The molecule has 2 unspecified atom stereocenters. The molecule has 0 amide bonds. The number of hydrogen-bond donors (Lipinski definition) is 3. The molecule has 0 saturated heterocycles. The minimum Gasteiger partial charge on any atom is -0.478 e. The lowest BCUT2D eigenvalue weighted by Crippen LogP contribution is -2.30. The molecule has 3 N–H and O–H groups in total. The number of carboxylic acid groups (broad SMARTS) is 1. The minimum absolute atomic E-state index is 0.0699. The maximum atomic E-state index is 11.3. The summed E-state index contributed by atoms with van der Waals surface area (Å²) in [6.45, 7) is 1.64. The van der Waals surface area contributed by atoms with Crippen LogP contribution in [0.5, 0.6) is 0 Å². The summed E-state index contributed by atoms with van der Waals surface area (Å²) in [5, 5.41) is 28.3. The highest BCUT2D eigenvalue weighted by molar-refractivity contribution is 9.10. The van der Waals surface area contributed by atoms with Gasteiger partial charge in [0.05, 0.1) is 12.2 Å². The number of carbonyl (C=O) groups excluding carboxylic acids is 1. The van der Waals surface area contributed by atoms with Gasteiger partial charge in [0.15, 0.2) is 6.10 Å². The van der Waals surface area contributed by atoms with Gasteiger partial charge < -0.3 is 20.1 Å². The van der Waals surface area contributed by atoms with Gasteiger partial charge in [-0.05, 0) is 30.7 Å². The molecule has 1 aromatic carbocycles. The summed E-state index contributed by atoms with van der Waals surface area (Å²) in [5.41, 5.74) is 0.0341. The summed E-state index contributed by atoms with van der Waals surface area (Å²) in [6, 6.07) is 3.94. The fraction of sp³-hybridized carbons (Fsp3) is 0.333. The fourth-order valence-electron chi connectivity index (χ4n) is 1.45. The molecule has 1 rings (SSSR count). The van der Waals surface area contributed by atoms with E-state index in [-0.39, 0.29) is 17.7 Å². The summed E-state index contributed by atoms with van der Waals surface area (Å²) in [6.07, 6.45) is -3.33. The Morgan fingerprint density at radius 2 is 1.95 bits per heavy atom. The average Bonchev–Trinajstić information content (AvgIpc) is 2.36. The number of hydrogen-bond acceptors (Lipinski definition) is 5. The highest BCUT2D eigenvalue weighted by Gasteiger charge is 2.27. The number of aliphatic hydroxyl groups excluding tert-OH is 2. The van der Waals surface area contributed by atoms with Gasteiger partial charge in [0.2, 0.25) is 0 Å². The summed E-state index contributed by atoms with van der Waals surface area (Å²) >= 11 is 3.09. The molecule has 0 spiro atoms. The highest BCUT2D eigenvalue weighted by Crippen LogP contribution is 2.24. The van der Waals surface area contributed by atoms with E-state index >= 15 is 0 Å². The van der Waals surface area contributed by atoms with Crippen molar-refractivity contribution in [2.75, 3.05) is 6.61 Å². The van der Waals surface area contributed by atoms with E-state index in [1.807, 2.05) is 0 Å². The van der Waals surface area contributed by atoms with Crippen molar-refractivity contribution in [3.8, 4) is 0 Å². The van der Waals surface area contributed by atoms with E-state index in [1.165, 1.54) is 18.2 Å². The first kappa shape index (κ1) is 15.6. The monoisotopic (exact) mass is 332 g/mol.